The summed E-state index contributed by atoms with van der Waals surface area (Å²) in [4.78, 5) is 0. The van der Waals surface area contributed by atoms with Crippen molar-refractivity contribution in [1.82, 2.24) is 5.32 Å². The van der Waals surface area contributed by atoms with Gasteiger partial charge in [-0.3, -0.25) is 0 Å². The maximum Gasteiger partial charge on any atom is 0.455 e. The molecule has 0 amide bonds. The molecule has 0 aliphatic carbocycles. The van der Waals surface area contributed by atoms with Gasteiger partial charge in [-0.25, -0.2) is 0 Å². The minimum absolute atomic E-state index is 0.0166. The van der Waals surface area contributed by atoms with Crippen LogP contribution in [0.25, 0.3) is 0 Å². The molecule has 2 rings (SSSR count). The van der Waals surface area contributed by atoms with Crippen LogP contribution in [-0.2, 0) is 5.54 Å². The summed E-state index contributed by atoms with van der Waals surface area (Å²) in [5.74, 6) is -4.80. The number of benzene rings is 1. The molecule has 6 heteroatoms. The molecule has 1 aliphatic rings. The Hall–Kier alpha value is -1.17. The molecule has 0 bridgehead atoms. The SMILES string of the molecule is FC(F)(F)C(F)(F)[C@@]1(c2ccccc2)CCCCN1. The topological polar surface area (TPSA) is 12.0 Å². The lowest BCUT2D eigenvalue weighted by Crippen LogP contribution is -2.63. The number of alkyl halides is 5. The molecule has 1 aromatic carbocycles. The van der Waals surface area contributed by atoms with Gasteiger partial charge in [0.15, 0.2) is 0 Å². The second kappa shape index (κ2) is 4.74. The van der Waals surface area contributed by atoms with Crippen LogP contribution in [0.2, 0.25) is 0 Å². The van der Waals surface area contributed by atoms with Crippen molar-refractivity contribution in [2.24, 2.45) is 0 Å². The Morgan fingerprint density at radius 1 is 0.947 bits per heavy atom. The van der Waals surface area contributed by atoms with E-state index in [1.54, 1.807) is 6.07 Å². The average molecular weight is 279 g/mol. The Morgan fingerprint density at radius 3 is 2.05 bits per heavy atom. The summed E-state index contributed by atoms with van der Waals surface area (Å²) in [6.07, 6.45) is -4.87. The van der Waals surface area contributed by atoms with Gasteiger partial charge in [0.1, 0.15) is 5.54 Å². The molecule has 1 N–H and O–H groups in total. The van der Waals surface area contributed by atoms with Crippen LogP contribution in [-0.4, -0.2) is 18.6 Å². The van der Waals surface area contributed by atoms with Crippen LogP contribution in [0.5, 0.6) is 0 Å². The zero-order chi connectivity index (χ0) is 14.1. The summed E-state index contributed by atoms with van der Waals surface area (Å²) in [5.41, 5.74) is -2.37. The molecular formula is C13H14F5N. The highest BCUT2D eigenvalue weighted by molar-refractivity contribution is 5.29. The number of nitrogens with one attached hydrogen (secondary N) is 1. The van der Waals surface area contributed by atoms with Gasteiger partial charge in [0, 0.05) is 0 Å². The highest BCUT2D eigenvalue weighted by Gasteiger charge is 2.70. The lowest BCUT2D eigenvalue weighted by Gasteiger charge is -2.44. The van der Waals surface area contributed by atoms with Crippen molar-refractivity contribution in [1.29, 1.82) is 0 Å². The molecule has 0 unspecified atom stereocenters. The van der Waals surface area contributed by atoms with Crippen molar-refractivity contribution in [2.45, 2.75) is 36.9 Å². The number of piperidine rings is 1. The molecule has 0 radical (unpaired) electrons. The molecule has 0 saturated carbocycles. The molecule has 106 valence electrons. The fourth-order valence-corrected chi connectivity index (χ4v) is 2.57. The summed E-state index contributed by atoms with van der Waals surface area (Å²) in [6, 6.07) is 7.17. The second-order valence-electron chi connectivity index (χ2n) is 4.73. The van der Waals surface area contributed by atoms with Crippen molar-refractivity contribution in [3.63, 3.8) is 0 Å². The molecule has 1 saturated heterocycles. The maximum atomic E-state index is 14.0. The zero-order valence-electron chi connectivity index (χ0n) is 10.1. The fourth-order valence-electron chi connectivity index (χ4n) is 2.57. The van der Waals surface area contributed by atoms with Gasteiger partial charge in [0.25, 0.3) is 0 Å². The molecular weight excluding hydrogens is 265 g/mol. The van der Waals surface area contributed by atoms with Gasteiger partial charge >= 0.3 is 12.1 Å². The normalized spacial score (nSPS) is 25.3. The van der Waals surface area contributed by atoms with E-state index in [1.807, 2.05) is 0 Å². The van der Waals surface area contributed by atoms with Gasteiger partial charge in [-0.05, 0) is 31.4 Å². The van der Waals surface area contributed by atoms with Crippen LogP contribution in [0.3, 0.4) is 0 Å². The van der Waals surface area contributed by atoms with Crippen LogP contribution < -0.4 is 5.32 Å². The van der Waals surface area contributed by atoms with Gasteiger partial charge < -0.3 is 5.32 Å². The quantitative estimate of drug-likeness (QED) is 0.811. The number of hydrogen-bond acceptors (Lipinski definition) is 1. The minimum Gasteiger partial charge on any atom is -0.302 e. The molecule has 0 aromatic heterocycles. The Labute approximate surface area is 107 Å². The molecule has 0 spiro atoms. The van der Waals surface area contributed by atoms with Crippen LogP contribution in [0.1, 0.15) is 24.8 Å². The first kappa shape index (κ1) is 14.2. The number of hydrogen-bond donors (Lipinski definition) is 1. The smallest absolute Gasteiger partial charge is 0.302 e. The standard InChI is InChI=1S/C13H14F5N/c14-12(15,13(16,17)18)11(8-4-5-9-19-11)10-6-2-1-3-7-10/h1-3,6-7,19H,4-5,8-9H2/t11-/m0/s1. The molecule has 1 heterocycles. The van der Waals surface area contributed by atoms with Crippen LogP contribution >= 0.6 is 0 Å². The Bertz CT molecular complexity index is 420. The van der Waals surface area contributed by atoms with E-state index in [1.165, 1.54) is 24.3 Å². The molecule has 1 atom stereocenters. The summed E-state index contributed by atoms with van der Waals surface area (Å²) in [7, 11) is 0. The molecule has 1 aromatic rings. The summed E-state index contributed by atoms with van der Waals surface area (Å²) in [5, 5.41) is 2.43. The van der Waals surface area contributed by atoms with Crippen molar-refractivity contribution in [3.05, 3.63) is 35.9 Å². The largest absolute Gasteiger partial charge is 0.455 e. The molecule has 19 heavy (non-hydrogen) atoms. The van der Waals surface area contributed by atoms with Crippen LogP contribution in [0.15, 0.2) is 30.3 Å². The molecule has 1 fully saturated rings. The van der Waals surface area contributed by atoms with E-state index in [2.05, 4.69) is 5.32 Å². The first-order chi connectivity index (χ1) is 8.81. The van der Waals surface area contributed by atoms with Crippen molar-refractivity contribution >= 4 is 0 Å². The molecule has 1 aliphatic heterocycles. The van der Waals surface area contributed by atoms with Crippen molar-refractivity contribution in [3.8, 4) is 0 Å². The predicted molar refractivity (Wildman–Crippen MR) is 61.0 cm³/mol. The van der Waals surface area contributed by atoms with Gasteiger partial charge in [0.05, 0.1) is 0 Å². The van der Waals surface area contributed by atoms with Gasteiger partial charge in [0.2, 0.25) is 0 Å². The third kappa shape index (κ3) is 2.22. The first-order valence-corrected chi connectivity index (χ1v) is 6.06. The third-order valence-corrected chi connectivity index (χ3v) is 3.56. The van der Waals surface area contributed by atoms with E-state index in [-0.39, 0.29) is 18.5 Å². The van der Waals surface area contributed by atoms with Gasteiger partial charge in [-0.1, -0.05) is 30.3 Å². The highest BCUT2D eigenvalue weighted by Crippen LogP contribution is 2.51. The molecule has 1 nitrogen and oxygen atoms in total. The lowest BCUT2D eigenvalue weighted by molar-refractivity contribution is -0.317. The van der Waals surface area contributed by atoms with Crippen LogP contribution in [0, 0.1) is 0 Å². The summed E-state index contributed by atoms with van der Waals surface area (Å²) in [6.45, 7) is 0.153. The van der Waals surface area contributed by atoms with Crippen molar-refractivity contribution < 1.29 is 22.0 Å². The highest BCUT2D eigenvalue weighted by atomic mass is 19.4. The summed E-state index contributed by atoms with van der Waals surface area (Å²) < 4.78 is 66.2. The van der Waals surface area contributed by atoms with E-state index in [9.17, 15) is 22.0 Å². The van der Waals surface area contributed by atoms with Crippen molar-refractivity contribution in [2.75, 3.05) is 6.54 Å². The van der Waals surface area contributed by atoms with Gasteiger partial charge in [-0.15, -0.1) is 0 Å². The van der Waals surface area contributed by atoms with Crippen LogP contribution in [0.4, 0.5) is 22.0 Å². The third-order valence-electron chi connectivity index (χ3n) is 3.56. The van der Waals surface area contributed by atoms with Gasteiger partial charge in [-0.2, -0.15) is 22.0 Å². The van der Waals surface area contributed by atoms with E-state index in [0.29, 0.717) is 12.8 Å². The van der Waals surface area contributed by atoms with E-state index >= 15 is 0 Å². The first-order valence-electron chi connectivity index (χ1n) is 6.06. The lowest BCUT2D eigenvalue weighted by atomic mass is 9.77. The average Bonchev–Trinajstić information content (AvgIpc) is 2.39. The zero-order valence-corrected chi connectivity index (χ0v) is 10.1. The predicted octanol–water partition coefficient (Wildman–Crippen LogP) is 3.85. The maximum absolute atomic E-state index is 14.0. The number of rotatable bonds is 2. The van der Waals surface area contributed by atoms with E-state index < -0.39 is 17.6 Å². The van der Waals surface area contributed by atoms with E-state index in [0.717, 1.165) is 0 Å². The Morgan fingerprint density at radius 2 is 1.58 bits per heavy atom. The fraction of sp³-hybridized carbons (Fsp3) is 0.538. The summed E-state index contributed by atoms with van der Waals surface area (Å²) >= 11 is 0. The van der Waals surface area contributed by atoms with E-state index in [4.69, 9.17) is 0 Å². The monoisotopic (exact) mass is 279 g/mol. The Kier molecular flexibility index (Phi) is 3.55. The minimum atomic E-state index is -5.58. The number of halogens is 5. The second-order valence-corrected chi connectivity index (χ2v) is 4.73. The Balaban J connectivity index is 2.53.